The smallest absolute Gasteiger partial charge is 0.0203 e. The third kappa shape index (κ3) is 29.5. The summed E-state index contributed by atoms with van der Waals surface area (Å²) in [6, 6.07) is 0. The lowest BCUT2D eigenvalue weighted by molar-refractivity contribution is 0.254. The summed E-state index contributed by atoms with van der Waals surface area (Å²) in [6.07, 6.45) is 10.5. The monoisotopic (exact) mass is 483 g/mol. The lowest BCUT2D eigenvalue weighted by Crippen LogP contribution is -2.16. The average Bonchev–Trinajstić information content (AvgIpc) is 3.22. The van der Waals surface area contributed by atoms with Crippen molar-refractivity contribution in [3.8, 4) is 0 Å². The van der Waals surface area contributed by atoms with Gasteiger partial charge in [-0.2, -0.15) is 0 Å². The molecule has 0 heteroatoms. The van der Waals surface area contributed by atoms with E-state index in [-0.39, 0.29) is 22.3 Å². The van der Waals surface area contributed by atoms with Gasteiger partial charge in [0.1, 0.15) is 0 Å². The maximum Gasteiger partial charge on any atom is -0.0203 e. The standard InChI is InChI=1S/C11H22.2C10H20.3CH4/c1-10(2,3)8-7-9(8)11(4,5)6;2*1-9(2,3)7-8-10(4,5)6;;;/h8-9H,7H2,1-6H3;2*7-8H,1-6H3;3*1H4/b;8-7+;8-7-;;;. The van der Waals surface area contributed by atoms with Crippen LogP contribution < -0.4 is 0 Å². The summed E-state index contributed by atoms with van der Waals surface area (Å²) in [5.41, 5.74) is 2.39. The van der Waals surface area contributed by atoms with Crippen molar-refractivity contribution in [2.75, 3.05) is 0 Å². The number of hydrogen-bond acceptors (Lipinski definition) is 0. The summed E-state index contributed by atoms with van der Waals surface area (Å²) in [7, 11) is 0. The molecule has 0 heterocycles. The second-order valence-corrected chi connectivity index (χ2v) is 16.3. The van der Waals surface area contributed by atoms with Gasteiger partial charge in [0, 0.05) is 0 Å². The molecule has 1 aliphatic rings. The van der Waals surface area contributed by atoms with E-state index < -0.39 is 0 Å². The maximum absolute atomic E-state index is 2.36. The van der Waals surface area contributed by atoms with Gasteiger partial charge in [-0.15, -0.1) is 0 Å². The van der Waals surface area contributed by atoms with Crippen molar-refractivity contribution >= 4 is 0 Å². The molecule has 2 atom stereocenters. The minimum Gasteiger partial charge on any atom is -0.0826 e. The number of rotatable bonds is 0. The van der Waals surface area contributed by atoms with Crippen molar-refractivity contribution in [2.45, 2.75) is 153 Å². The van der Waals surface area contributed by atoms with Gasteiger partial charge in [0.25, 0.3) is 0 Å². The van der Waals surface area contributed by atoms with Crippen LogP contribution in [0.1, 0.15) is 153 Å². The van der Waals surface area contributed by atoms with Gasteiger partial charge in [-0.1, -0.05) is 171 Å². The highest BCUT2D eigenvalue weighted by Crippen LogP contribution is 2.58. The van der Waals surface area contributed by atoms with Crippen molar-refractivity contribution in [3.05, 3.63) is 24.3 Å². The molecule has 1 fully saturated rings. The normalized spacial score (nSPS) is 19.0. The van der Waals surface area contributed by atoms with E-state index in [9.17, 15) is 0 Å². The summed E-state index contributed by atoms with van der Waals surface area (Å²) in [6.45, 7) is 40.8. The van der Waals surface area contributed by atoms with Crippen LogP contribution in [-0.4, -0.2) is 0 Å². The molecule has 1 saturated carbocycles. The molecule has 0 spiro atoms. The summed E-state index contributed by atoms with van der Waals surface area (Å²) in [5.74, 6) is 1.95. The Labute approximate surface area is 221 Å². The van der Waals surface area contributed by atoms with Gasteiger partial charge in [-0.3, -0.25) is 0 Å². The molecule has 0 aromatic heterocycles. The van der Waals surface area contributed by atoms with Crippen LogP contribution in [0.5, 0.6) is 0 Å². The Balaban J connectivity index is -0.000000119. The minimum atomic E-state index is 0. The van der Waals surface area contributed by atoms with Crippen LogP contribution in [0, 0.1) is 44.3 Å². The highest BCUT2D eigenvalue weighted by molar-refractivity contribution is 5.00. The molecule has 210 valence electrons. The Morgan fingerprint density at radius 3 is 0.559 bits per heavy atom. The molecular weight excluding hydrogens is 408 g/mol. The minimum absolute atomic E-state index is 0. The summed E-state index contributed by atoms with van der Waals surface area (Å²) in [4.78, 5) is 0. The van der Waals surface area contributed by atoms with Gasteiger partial charge in [-0.05, 0) is 50.7 Å². The van der Waals surface area contributed by atoms with E-state index in [2.05, 4.69) is 149 Å². The van der Waals surface area contributed by atoms with E-state index >= 15 is 0 Å². The highest BCUT2D eigenvalue weighted by atomic mass is 14.5. The van der Waals surface area contributed by atoms with E-state index in [0.29, 0.717) is 32.5 Å². The largest absolute Gasteiger partial charge is 0.0826 e. The Bertz CT molecular complexity index is 458. The fraction of sp³-hybridized carbons (Fsp3) is 0.882. The van der Waals surface area contributed by atoms with Crippen LogP contribution >= 0.6 is 0 Å². The van der Waals surface area contributed by atoms with E-state index in [0.717, 1.165) is 11.8 Å². The van der Waals surface area contributed by atoms with Crippen LogP contribution in [-0.2, 0) is 0 Å². The number of allylic oxidation sites excluding steroid dienone is 4. The van der Waals surface area contributed by atoms with Gasteiger partial charge in [0.15, 0.2) is 0 Å². The predicted molar refractivity (Wildman–Crippen MR) is 167 cm³/mol. The molecule has 0 nitrogen and oxygen atoms in total. The van der Waals surface area contributed by atoms with Crippen molar-refractivity contribution in [2.24, 2.45) is 44.3 Å². The summed E-state index contributed by atoms with van der Waals surface area (Å²) >= 11 is 0. The van der Waals surface area contributed by atoms with E-state index in [1.807, 2.05) is 0 Å². The van der Waals surface area contributed by atoms with Crippen LogP contribution in [0.4, 0.5) is 0 Å². The second kappa shape index (κ2) is 14.9. The first-order valence-corrected chi connectivity index (χ1v) is 12.5. The highest BCUT2D eigenvalue weighted by Gasteiger charge is 2.50. The molecule has 0 bridgehead atoms. The van der Waals surface area contributed by atoms with Crippen molar-refractivity contribution in [1.29, 1.82) is 0 Å². The Morgan fingerprint density at radius 2 is 0.500 bits per heavy atom. The van der Waals surface area contributed by atoms with Crippen molar-refractivity contribution in [3.63, 3.8) is 0 Å². The molecule has 34 heavy (non-hydrogen) atoms. The molecule has 0 aromatic carbocycles. The summed E-state index contributed by atoms with van der Waals surface area (Å²) < 4.78 is 0. The van der Waals surface area contributed by atoms with Gasteiger partial charge < -0.3 is 0 Å². The molecule has 0 aliphatic heterocycles. The topological polar surface area (TPSA) is 0 Å². The zero-order valence-corrected chi connectivity index (χ0v) is 25.2. The zero-order chi connectivity index (χ0) is 25.7. The molecule has 0 radical (unpaired) electrons. The van der Waals surface area contributed by atoms with Gasteiger partial charge in [0.05, 0.1) is 0 Å². The average molecular weight is 483 g/mol. The van der Waals surface area contributed by atoms with Crippen LogP contribution in [0.25, 0.3) is 0 Å². The summed E-state index contributed by atoms with van der Waals surface area (Å²) in [5, 5.41) is 0. The molecule has 2 unspecified atom stereocenters. The number of hydrogen-bond donors (Lipinski definition) is 0. The van der Waals surface area contributed by atoms with Crippen LogP contribution in [0.3, 0.4) is 0 Å². The SMILES string of the molecule is C.C.C.CC(C)(C)/C=C/C(C)(C)C.CC(C)(C)/C=C\C(C)(C)C.CC(C)(C)C1CC1C(C)(C)C. The lowest BCUT2D eigenvalue weighted by Gasteiger charge is -2.24. The molecule has 0 aromatic rings. The van der Waals surface area contributed by atoms with E-state index in [1.54, 1.807) is 0 Å². The Morgan fingerprint density at radius 1 is 0.353 bits per heavy atom. The molecule has 0 N–H and O–H groups in total. The van der Waals surface area contributed by atoms with E-state index in [4.69, 9.17) is 0 Å². The van der Waals surface area contributed by atoms with Crippen molar-refractivity contribution in [1.82, 2.24) is 0 Å². The fourth-order valence-electron chi connectivity index (χ4n) is 3.11. The van der Waals surface area contributed by atoms with Crippen LogP contribution in [0.2, 0.25) is 0 Å². The molecular formula is C34H74. The zero-order valence-electron chi connectivity index (χ0n) is 25.2. The van der Waals surface area contributed by atoms with Crippen LogP contribution in [0.15, 0.2) is 24.3 Å². The van der Waals surface area contributed by atoms with Gasteiger partial charge >= 0.3 is 0 Å². The lowest BCUT2D eigenvalue weighted by atomic mass is 9.81. The quantitative estimate of drug-likeness (QED) is 0.301. The third-order valence-electron chi connectivity index (χ3n) is 5.18. The van der Waals surface area contributed by atoms with Gasteiger partial charge in [-0.25, -0.2) is 0 Å². The molecule has 1 rings (SSSR count). The maximum atomic E-state index is 2.36. The fourth-order valence-corrected chi connectivity index (χ4v) is 3.11. The first kappa shape index (κ1) is 43.5. The molecule has 0 amide bonds. The second-order valence-electron chi connectivity index (χ2n) is 16.3. The molecule has 0 saturated heterocycles. The van der Waals surface area contributed by atoms with E-state index in [1.165, 1.54) is 6.42 Å². The molecule has 1 aliphatic carbocycles. The Kier molecular flexibility index (Phi) is 19.1. The van der Waals surface area contributed by atoms with Crippen molar-refractivity contribution < 1.29 is 0 Å². The predicted octanol–water partition coefficient (Wildman–Crippen LogP) is 12.9. The first-order valence-electron chi connectivity index (χ1n) is 12.5. The first-order chi connectivity index (χ1) is 13.1. The van der Waals surface area contributed by atoms with Gasteiger partial charge in [0.2, 0.25) is 0 Å². The third-order valence-corrected chi connectivity index (χ3v) is 5.18. The Hall–Kier alpha value is -0.520.